The summed E-state index contributed by atoms with van der Waals surface area (Å²) >= 11 is 0. The van der Waals surface area contributed by atoms with E-state index in [1.54, 1.807) is 4.57 Å². The number of hydrogen-bond donors (Lipinski definition) is 0. The van der Waals surface area contributed by atoms with Gasteiger partial charge in [0.25, 0.3) is 0 Å². The van der Waals surface area contributed by atoms with Gasteiger partial charge in [0.05, 0.1) is 32.1 Å². The van der Waals surface area contributed by atoms with Crippen LogP contribution < -0.4 is 15.2 Å². The Morgan fingerprint density at radius 2 is 2.10 bits per heavy atom. The molecule has 0 N–H and O–H groups in total. The Morgan fingerprint density at radius 3 is 2.93 bits per heavy atom. The summed E-state index contributed by atoms with van der Waals surface area (Å²) in [5, 5.41) is 0. The van der Waals surface area contributed by atoms with Crippen LogP contribution in [0.3, 0.4) is 0 Å². The predicted octanol–water partition coefficient (Wildman–Crippen LogP) is 2.07. The van der Waals surface area contributed by atoms with Crippen LogP contribution in [0.4, 0.5) is 0 Å². The van der Waals surface area contributed by atoms with Crippen molar-refractivity contribution in [3.05, 3.63) is 40.3 Å². The molecule has 4 rings (SSSR count). The minimum Gasteiger partial charge on any atom is -0.491 e. The molecule has 0 amide bonds. The number of fused-ring (bicyclic) bond motifs is 3. The number of rotatable bonds is 9. The van der Waals surface area contributed by atoms with Crippen LogP contribution in [0.15, 0.2) is 29.1 Å². The van der Waals surface area contributed by atoms with Gasteiger partial charge in [-0.15, -0.1) is 0 Å². The maximum Gasteiger partial charge on any atom is 0.351 e. The van der Waals surface area contributed by atoms with Crippen molar-refractivity contribution >= 4 is 0 Å². The van der Waals surface area contributed by atoms with Gasteiger partial charge < -0.3 is 23.7 Å². The highest BCUT2D eigenvalue weighted by atomic mass is 16.6. The fourth-order valence-corrected chi connectivity index (χ4v) is 3.62. The van der Waals surface area contributed by atoms with E-state index in [4.69, 9.17) is 23.7 Å². The number of hydrogen-bond acceptors (Lipinski definition) is 7. The van der Waals surface area contributed by atoms with Crippen molar-refractivity contribution in [3.8, 4) is 22.9 Å². The summed E-state index contributed by atoms with van der Waals surface area (Å²) in [4.78, 5) is 16.6. The van der Waals surface area contributed by atoms with Crippen molar-refractivity contribution in [2.75, 3.05) is 46.2 Å². The van der Waals surface area contributed by atoms with Crippen LogP contribution in [0.5, 0.6) is 11.6 Å². The Hall–Kier alpha value is -2.42. The van der Waals surface area contributed by atoms with E-state index in [1.165, 1.54) is 0 Å². The van der Waals surface area contributed by atoms with Crippen molar-refractivity contribution in [1.29, 1.82) is 0 Å². The van der Waals surface area contributed by atoms with Gasteiger partial charge in [-0.2, -0.15) is 4.98 Å². The minimum atomic E-state index is -0.303. The lowest BCUT2D eigenvalue weighted by atomic mass is 9.97. The summed E-state index contributed by atoms with van der Waals surface area (Å²) in [6.45, 7) is 6.44. The Labute approximate surface area is 175 Å². The molecule has 0 aliphatic carbocycles. The highest BCUT2D eigenvalue weighted by molar-refractivity contribution is 5.67. The normalized spacial score (nSPS) is 17.8. The van der Waals surface area contributed by atoms with Crippen LogP contribution in [0.2, 0.25) is 0 Å². The van der Waals surface area contributed by atoms with Gasteiger partial charge >= 0.3 is 5.69 Å². The van der Waals surface area contributed by atoms with Crippen molar-refractivity contribution in [1.82, 2.24) is 9.55 Å². The monoisotopic (exact) mass is 416 g/mol. The highest BCUT2D eigenvalue weighted by Crippen LogP contribution is 2.32. The van der Waals surface area contributed by atoms with Crippen LogP contribution in [-0.2, 0) is 27.2 Å². The van der Waals surface area contributed by atoms with Crippen LogP contribution in [-0.4, -0.2) is 61.9 Å². The molecule has 0 saturated carbocycles. The molecule has 2 aliphatic heterocycles. The van der Waals surface area contributed by atoms with Crippen molar-refractivity contribution < 1.29 is 23.7 Å². The van der Waals surface area contributed by atoms with Gasteiger partial charge in [0, 0.05) is 24.8 Å². The van der Waals surface area contributed by atoms with E-state index in [-0.39, 0.29) is 11.8 Å². The van der Waals surface area contributed by atoms with E-state index in [0.717, 1.165) is 42.0 Å². The second-order valence-electron chi connectivity index (χ2n) is 7.32. The van der Waals surface area contributed by atoms with Crippen molar-refractivity contribution in [2.24, 2.45) is 0 Å². The van der Waals surface area contributed by atoms with Crippen LogP contribution >= 0.6 is 0 Å². The van der Waals surface area contributed by atoms with Gasteiger partial charge in [-0.05, 0) is 36.6 Å². The molecule has 2 aliphatic rings. The number of ether oxygens (including phenoxy) is 5. The minimum absolute atomic E-state index is 0.146. The lowest BCUT2D eigenvalue weighted by Crippen LogP contribution is -2.34. The van der Waals surface area contributed by atoms with Crippen LogP contribution in [0.1, 0.15) is 18.9 Å². The third kappa shape index (κ3) is 5.00. The van der Waals surface area contributed by atoms with Gasteiger partial charge in [-0.25, -0.2) is 4.79 Å². The van der Waals surface area contributed by atoms with Crippen LogP contribution in [0.25, 0.3) is 11.3 Å². The van der Waals surface area contributed by atoms with E-state index in [1.807, 2.05) is 24.3 Å². The van der Waals surface area contributed by atoms with Crippen molar-refractivity contribution in [3.63, 3.8) is 0 Å². The molecule has 0 spiro atoms. The Bertz CT molecular complexity index is 907. The van der Waals surface area contributed by atoms with Gasteiger partial charge in [-0.1, -0.05) is 6.92 Å². The SMILES string of the molecule is CCCOCCOc1ccc2c(c1)CCn1c-2cc(OCC2COCCO2)nc1=O. The molecule has 1 unspecified atom stereocenters. The first-order valence-corrected chi connectivity index (χ1v) is 10.5. The quantitative estimate of drug-likeness (QED) is 0.579. The van der Waals surface area contributed by atoms with E-state index < -0.39 is 0 Å². The maximum atomic E-state index is 12.5. The van der Waals surface area contributed by atoms with E-state index >= 15 is 0 Å². The first kappa shape index (κ1) is 20.8. The van der Waals surface area contributed by atoms with E-state index in [2.05, 4.69) is 11.9 Å². The number of benzene rings is 1. The predicted molar refractivity (Wildman–Crippen MR) is 110 cm³/mol. The summed E-state index contributed by atoms with van der Waals surface area (Å²) in [5.74, 6) is 1.12. The molecule has 1 fully saturated rings. The third-order valence-corrected chi connectivity index (χ3v) is 5.09. The summed E-state index contributed by atoms with van der Waals surface area (Å²) < 4.78 is 29.7. The molecule has 1 atom stereocenters. The standard InChI is InChI=1S/C22H28N2O6/c1-2-7-26-8-10-28-17-3-4-19-16(12-17)5-6-24-20(19)13-21(23-22(24)25)30-15-18-14-27-9-11-29-18/h3-4,12-13,18H,2,5-11,14-15H2,1H3. The molecular weight excluding hydrogens is 388 g/mol. The lowest BCUT2D eigenvalue weighted by Gasteiger charge is -2.24. The molecule has 162 valence electrons. The molecule has 0 bridgehead atoms. The zero-order valence-corrected chi connectivity index (χ0v) is 17.3. The van der Waals surface area contributed by atoms with Gasteiger partial charge in [0.1, 0.15) is 25.1 Å². The van der Waals surface area contributed by atoms with Gasteiger partial charge in [-0.3, -0.25) is 4.57 Å². The molecule has 30 heavy (non-hydrogen) atoms. The molecule has 8 heteroatoms. The Kier molecular flexibility index (Phi) is 6.99. The first-order valence-electron chi connectivity index (χ1n) is 10.5. The number of aromatic nitrogens is 2. The van der Waals surface area contributed by atoms with E-state index in [0.29, 0.717) is 52.1 Å². The zero-order chi connectivity index (χ0) is 20.8. The number of aryl methyl sites for hydroxylation is 1. The molecule has 3 heterocycles. The second-order valence-corrected chi connectivity index (χ2v) is 7.32. The Balaban J connectivity index is 1.46. The van der Waals surface area contributed by atoms with Crippen LogP contribution in [0, 0.1) is 0 Å². The summed E-state index contributed by atoms with van der Waals surface area (Å²) in [5.41, 5.74) is 2.65. The average molecular weight is 416 g/mol. The topological polar surface area (TPSA) is 81.0 Å². The average Bonchev–Trinajstić information content (AvgIpc) is 2.78. The highest BCUT2D eigenvalue weighted by Gasteiger charge is 2.21. The molecule has 1 saturated heterocycles. The lowest BCUT2D eigenvalue weighted by molar-refractivity contribution is -0.102. The third-order valence-electron chi connectivity index (χ3n) is 5.09. The summed E-state index contributed by atoms with van der Waals surface area (Å²) in [7, 11) is 0. The molecular formula is C22H28N2O6. The Morgan fingerprint density at radius 1 is 1.17 bits per heavy atom. The maximum absolute atomic E-state index is 12.5. The summed E-state index contributed by atoms with van der Waals surface area (Å²) in [6, 6.07) is 7.77. The second kappa shape index (κ2) is 10.1. The number of nitrogens with zero attached hydrogens (tertiary/aromatic N) is 2. The fourth-order valence-electron chi connectivity index (χ4n) is 3.62. The molecule has 1 aromatic heterocycles. The molecule has 8 nitrogen and oxygen atoms in total. The molecule has 1 aromatic carbocycles. The first-order chi connectivity index (χ1) is 14.7. The summed E-state index contributed by atoms with van der Waals surface area (Å²) in [6.07, 6.45) is 1.60. The molecule has 2 aromatic rings. The molecule has 0 radical (unpaired) electrons. The van der Waals surface area contributed by atoms with E-state index in [9.17, 15) is 4.79 Å². The smallest absolute Gasteiger partial charge is 0.351 e. The van der Waals surface area contributed by atoms with Crippen molar-refractivity contribution in [2.45, 2.75) is 32.4 Å². The van der Waals surface area contributed by atoms with Gasteiger partial charge in [0.2, 0.25) is 5.88 Å². The zero-order valence-electron chi connectivity index (χ0n) is 17.3. The fraction of sp³-hybridized carbons (Fsp3) is 0.545. The largest absolute Gasteiger partial charge is 0.491 e. The van der Waals surface area contributed by atoms with Gasteiger partial charge in [0.15, 0.2) is 0 Å².